The van der Waals surface area contributed by atoms with Gasteiger partial charge in [-0.05, 0) is 13.3 Å². The Kier molecular flexibility index (Phi) is 2.30. The molecular weight excluding hydrogens is 102 g/mol. The number of hydrogen-bond donors (Lipinski definition) is 1. The molecule has 1 aliphatic heterocycles. The lowest BCUT2D eigenvalue weighted by Gasteiger charge is -2.05. The van der Waals surface area contributed by atoms with Crippen molar-refractivity contribution in [2.45, 2.75) is 19.4 Å². The molecule has 1 N–H and O–H groups in total. The summed E-state index contributed by atoms with van der Waals surface area (Å²) in [5.41, 5.74) is 0. The zero-order valence-electron chi connectivity index (χ0n) is 5.31. The highest BCUT2D eigenvalue weighted by Crippen LogP contribution is 1.94. The Bertz CT molecular complexity index is 62.1. The Balaban J connectivity index is 0.000000640. The zero-order chi connectivity index (χ0) is 5.82. The Morgan fingerprint density at radius 3 is 3.38 bits per heavy atom. The van der Waals surface area contributed by atoms with E-state index in [2.05, 4.69) is 12.2 Å². The maximum atomic E-state index is 5.20. The van der Waals surface area contributed by atoms with Crippen molar-refractivity contribution in [1.29, 1.82) is 0 Å². The average Bonchev–Trinajstić information content (AvgIpc) is 1.94. The number of ether oxygens (including phenoxy) is 1. The highest BCUT2D eigenvalue weighted by atomic mass is 16.5. The van der Waals surface area contributed by atoms with Gasteiger partial charge < -0.3 is 10.1 Å². The van der Waals surface area contributed by atoms with Gasteiger partial charge in [-0.25, -0.2) is 0 Å². The Hall–Kier alpha value is -0.0800. The molecule has 1 rings (SSSR count). The first-order valence-electron chi connectivity index (χ1n) is 3.21. The molecule has 0 aromatic heterocycles. The lowest BCUT2D eigenvalue weighted by molar-refractivity contribution is 0.150. The summed E-state index contributed by atoms with van der Waals surface area (Å²) >= 11 is 0. The van der Waals surface area contributed by atoms with Gasteiger partial charge >= 0.3 is 0 Å². The molecule has 0 saturated carbocycles. The van der Waals surface area contributed by atoms with Crippen LogP contribution in [0.1, 0.15) is 14.8 Å². The van der Waals surface area contributed by atoms with E-state index in [4.69, 9.17) is 4.74 Å². The minimum absolute atomic E-state index is 0. The molecule has 0 aromatic rings. The van der Waals surface area contributed by atoms with Crippen LogP contribution in [0.2, 0.25) is 0 Å². The first-order chi connectivity index (χ1) is 3.89. The second-order valence-electron chi connectivity index (χ2n) is 2.26. The van der Waals surface area contributed by atoms with E-state index in [1.165, 1.54) is 0 Å². The van der Waals surface area contributed by atoms with Crippen molar-refractivity contribution in [3.8, 4) is 0 Å². The summed E-state index contributed by atoms with van der Waals surface area (Å²) in [7, 11) is 0. The van der Waals surface area contributed by atoms with E-state index >= 15 is 0 Å². The fraction of sp³-hybridized carbons (Fsp3) is 1.00. The smallest absolute Gasteiger partial charge is 0.0591 e. The van der Waals surface area contributed by atoms with Crippen LogP contribution >= 0.6 is 0 Å². The van der Waals surface area contributed by atoms with Gasteiger partial charge in [-0.2, -0.15) is 0 Å². The summed E-state index contributed by atoms with van der Waals surface area (Å²) in [5, 5.41) is 3.32. The van der Waals surface area contributed by atoms with Crippen molar-refractivity contribution in [2.75, 3.05) is 19.8 Å². The maximum absolute atomic E-state index is 5.20. The predicted octanol–water partition coefficient (Wildman–Crippen LogP) is 0.631. The molecular formula is C6H15NO. The third-order valence-electron chi connectivity index (χ3n) is 1.43. The fourth-order valence-electron chi connectivity index (χ4n) is 0.842. The van der Waals surface area contributed by atoms with Crippen molar-refractivity contribution in [1.82, 2.24) is 5.32 Å². The summed E-state index contributed by atoms with van der Waals surface area (Å²) in [6.45, 7) is 5.01. The molecule has 0 radical (unpaired) electrons. The van der Waals surface area contributed by atoms with Crippen molar-refractivity contribution in [3.63, 3.8) is 0 Å². The van der Waals surface area contributed by atoms with E-state index in [1.807, 2.05) is 0 Å². The summed E-state index contributed by atoms with van der Waals surface area (Å²) in [5.74, 6) is 0. The van der Waals surface area contributed by atoms with Gasteiger partial charge in [-0.15, -0.1) is 0 Å². The molecule has 2 nitrogen and oxygen atoms in total. The van der Waals surface area contributed by atoms with Crippen LogP contribution in [0.15, 0.2) is 0 Å². The normalized spacial score (nSPS) is 31.9. The molecule has 1 fully saturated rings. The lowest BCUT2D eigenvalue weighted by atomic mass is 10.2. The number of nitrogens with one attached hydrogen (secondary N) is 1. The second-order valence-corrected chi connectivity index (χ2v) is 2.26. The van der Waals surface area contributed by atoms with Gasteiger partial charge in [0.2, 0.25) is 0 Å². The summed E-state index contributed by atoms with van der Waals surface area (Å²) < 4.78 is 5.20. The summed E-state index contributed by atoms with van der Waals surface area (Å²) in [6.07, 6.45) is 1.15. The van der Waals surface area contributed by atoms with Gasteiger partial charge in [0.05, 0.1) is 6.61 Å². The maximum Gasteiger partial charge on any atom is 0.0591 e. The highest BCUT2D eigenvalue weighted by Gasteiger charge is 2.03. The highest BCUT2D eigenvalue weighted by molar-refractivity contribution is 4.62. The third kappa shape index (κ3) is 1.80. The van der Waals surface area contributed by atoms with Crippen LogP contribution in [0, 0.1) is 0 Å². The van der Waals surface area contributed by atoms with E-state index in [1.54, 1.807) is 0 Å². The first kappa shape index (κ1) is 6.05. The molecule has 0 amide bonds. The van der Waals surface area contributed by atoms with E-state index in [0.29, 0.717) is 6.04 Å². The molecule has 1 atom stereocenters. The average molecular weight is 117 g/mol. The van der Waals surface area contributed by atoms with Gasteiger partial charge in [-0.1, -0.05) is 0 Å². The minimum atomic E-state index is 0. The van der Waals surface area contributed by atoms with Crippen LogP contribution in [-0.2, 0) is 4.74 Å². The molecule has 0 spiro atoms. The Morgan fingerprint density at radius 1 is 1.62 bits per heavy atom. The molecule has 0 bridgehead atoms. The van der Waals surface area contributed by atoms with Crippen LogP contribution in [-0.4, -0.2) is 25.8 Å². The lowest BCUT2D eigenvalue weighted by Crippen LogP contribution is -2.25. The largest absolute Gasteiger partial charge is 0.380 e. The Morgan fingerprint density at radius 2 is 2.50 bits per heavy atom. The third-order valence-corrected chi connectivity index (χ3v) is 1.43. The number of rotatable bonds is 0. The zero-order valence-corrected chi connectivity index (χ0v) is 5.31. The number of hydrogen-bond acceptors (Lipinski definition) is 2. The molecule has 0 aromatic carbocycles. The predicted molar refractivity (Wildman–Crippen MR) is 35.0 cm³/mol. The van der Waals surface area contributed by atoms with Crippen LogP contribution in [0.3, 0.4) is 0 Å². The van der Waals surface area contributed by atoms with Gasteiger partial charge in [0, 0.05) is 20.6 Å². The van der Waals surface area contributed by atoms with Gasteiger partial charge in [0.1, 0.15) is 0 Å². The van der Waals surface area contributed by atoms with Crippen LogP contribution in [0.25, 0.3) is 0 Å². The molecule has 8 heavy (non-hydrogen) atoms. The molecule has 1 saturated heterocycles. The molecule has 1 aliphatic rings. The summed E-state index contributed by atoms with van der Waals surface area (Å²) in [6, 6.07) is 0.650. The SMILES string of the molecule is CC1CCOCCN1.[HH]. The molecule has 50 valence electrons. The summed E-state index contributed by atoms with van der Waals surface area (Å²) in [4.78, 5) is 0. The van der Waals surface area contributed by atoms with Crippen LogP contribution in [0.5, 0.6) is 0 Å². The monoisotopic (exact) mass is 117 g/mol. The quantitative estimate of drug-likeness (QED) is 0.502. The topological polar surface area (TPSA) is 21.3 Å². The Labute approximate surface area is 51.7 Å². The van der Waals surface area contributed by atoms with Crippen molar-refractivity contribution in [2.24, 2.45) is 0 Å². The van der Waals surface area contributed by atoms with Crippen molar-refractivity contribution >= 4 is 0 Å². The van der Waals surface area contributed by atoms with Crippen LogP contribution < -0.4 is 5.32 Å². The van der Waals surface area contributed by atoms with Gasteiger partial charge in [-0.3, -0.25) is 0 Å². The molecule has 2 heteroatoms. The molecule has 0 aliphatic carbocycles. The molecule has 1 unspecified atom stereocenters. The van der Waals surface area contributed by atoms with E-state index in [-0.39, 0.29) is 1.43 Å². The fourth-order valence-corrected chi connectivity index (χ4v) is 0.842. The molecule has 1 heterocycles. The van der Waals surface area contributed by atoms with Gasteiger partial charge in [0.15, 0.2) is 0 Å². The van der Waals surface area contributed by atoms with E-state index in [9.17, 15) is 0 Å². The van der Waals surface area contributed by atoms with Gasteiger partial charge in [0.25, 0.3) is 0 Å². The van der Waals surface area contributed by atoms with Crippen molar-refractivity contribution < 1.29 is 6.16 Å². The standard InChI is InChI=1S/C6H13NO.H2/c1-6-2-4-8-5-3-7-6;/h6-7H,2-5H2,1H3;1H. The first-order valence-corrected chi connectivity index (χ1v) is 3.21. The second kappa shape index (κ2) is 3.05. The van der Waals surface area contributed by atoms with E-state index in [0.717, 1.165) is 26.2 Å². The van der Waals surface area contributed by atoms with Crippen molar-refractivity contribution in [3.05, 3.63) is 0 Å². The van der Waals surface area contributed by atoms with Crippen LogP contribution in [0.4, 0.5) is 0 Å². The van der Waals surface area contributed by atoms with E-state index < -0.39 is 0 Å². The minimum Gasteiger partial charge on any atom is -0.380 e.